The third-order valence-corrected chi connectivity index (χ3v) is 0. The van der Waals surface area contributed by atoms with Crippen molar-refractivity contribution in [2.75, 3.05) is 0 Å². The standard InChI is InChI=1S/2ClO3.Co/c2*2-1(3)4;/q2*-1;+2. The molecule has 59 valence electrons. The zero-order chi connectivity index (χ0) is 7.15. The Morgan fingerprint density at radius 2 is 0.556 bits per heavy atom. The molecule has 0 spiro atoms. The van der Waals surface area contributed by atoms with Crippen LogP contribution in [0.3, 0.4) is 0 Å². The molecule has 0 aliphatic carbocycles. The largest absolute Gasteiger partial charge is 2.00 e. The van der Waals surface area contributed by atoms with Crippen LogP contribution >= 0.6 is 0 Å². The number of hydrogen-bond donors (Lipinski definition) is 0. The van der Waals surface area contributed by atoms with Crippen LogP contribution in [0.4, 0.5) is 0 Å². The number of hydrogen-bond acceptors (Lipinski definition) is 6. The van der Waals surface area contributed by atoms with Gasteiger partial charge in [0.2, 0.25) is 0 Å². The zero-order valence-electron chi connectivity index (χ0n) is 3.54. The van der Waals surface area contributed by atoms with Gasteiger partial charge in [0.25, 0.3) is 0 Å². The molecular formula is Cl2CoO6. The van der Waals surface area contributed by atoms with Crippen LogP contribution in [0.5, 0.6) is 0 Å². The van der Waals surface area contributed by atoms with Crippen LogP contribution in [0.1, 0.15) is 0 Å². The van der Waals surface area contributed by atoms with E-state index in [2.05, 4.69) is 0 Å². The van der Waals surface area contributed by atoms with Crippen molar-refractivity contribution >= 4 is 0 Å². The van der Waals surface area contributed by atoms with Crippen molar-refractivity contribution in [3.63, 3.8) is 0 Å². The molecule has 0 atom stereocenters. The summed E-state index contributed by atoms with van der Waals surface area (Å²) in [5, 5.41) is 0. The maximum absolute atomic E-state index is 8.41. The monoisotopic (exact) mass is 225 g/mol. The van der Waals surface area contributed by atoms with Gasteiger partial charge in [-0.1, -0.05) is 0 Å². The first-order valence-corrected chi connectivity index (χ1v) is 2.78. The Hall–Kier alpha value is 0.846. The van der Waals surface area contributed by atoms with Gasteiger partial charge >= 0.3 is 16.8 Å². The van der Waals surface area contributed by atoms with Gasteiger partial charge in [0.05, 0.1) is 21.6 Å². The first kappa shape index (κ1) is 16.4. The molecule has 0 rings (SSSR count). The minimum absolute atomic E-state index is 0. The van der Waals surface area contributed by atoms with Crippen molar-refractivity contribution in [2.45, 2.75) is 0 Å². The van der Waals surface area contributed by atoms with E-state index in [4.69, 9.17) is 28.0 Å². The molecule has 0 heterocycles. The summed E-state index contributed by atoms with van der Waals surface area (Å²) in [6.45, 7) is 0. The molecule has 0 fully saturated rings. The van der Waals surface area contributed by atoms with Crippen molar-refractivity contribution in [3.8, 4) is 0 Å². The van der Waals surface area contributed by atoms with Gasteiger partial charge in [-0.15, -0.1) is 0 Å². The Bertz CT molecular complexity index is 26.5. The van der Waals surface area contributed by atoms with Gasteiger partial charge < -0.3 is 28.0 Å². The first-order chi connectivity index (χ1) is 3.46. The first-order valence-electron chi connectivity index (χ1n) is 0.926. The molecule has 0 aliphatic rings. The van der Waals surface area contributed by atoms with E-state index in [1.807, 2.05) is 0 Å². The van der Waals surface area contributed by atoms with Crippen molar-refractivity contribution < 1.29 is 66.3 Å². The summed E-state index contributed by atoms with van der Waals surface area (Å²) < 4.78 is 50.4. The van der Waals surface area contributed by atoms with Gasteiger partial charge in [-0.3, -0.25) is 0 Å². The topological polar surface area (TPSA) is 138 Å². The van der Waals surface area contributed by atoms with E-state index >= 15 is 0 Å². The summed E-state index contributed by atoms with van der Waals surface area (Å²) in [5.41, 5.74) is 0. The molecule has 1 radical (unpaired) electrons. The fourth-order valence-corrected chi connectivity index (χ4v) is 0. The van der Waals surface area contributed by atoms with Gasteiger partial charge in [-0.05, 0) is 0 Å². The molecule has 6 nitrogen and oxygen atoms in total. The molecule has 0 aliphatic heterocycles. The summed E-state index contributed by atoms with van der Waals surface area (Å²) in [6, 6.07) is 0. The molecule has 9 heavy (non-hydrogen) atoms. The van der Waals surface area contributed by atoms with Gasteiger partial charge in [-0.25, -0.2) is 0 Å². The van der Waals surface area contributed by atoms with Crippen molar-refractivity contribution in [3.05, 3.63) is 0 Å². The Balaban J connectivity index is -0.0000000720. The minimum atomic E-state index is -2.85. The quantitative estimate of drug-likeness (QED) is 0.402. The van der Waals surface area contributed by atoms with Crippen LogP contribution in [0.15, 0.2) is 0 Å². The SMILES string of the molecule is [Co+2].[O-][Cl+2]([O-])[O-].[O-][Cl+2]([O-])[O-]. The Morgan fingerprint density at radius 3 is 0.556 bits per heavy atom. The van der Waals surface area contributed by atoms with Crippen LogP contribution in [0.2, 0.25) is 0 Å². The van der Waals surface area contributed by atoms with E-state index in [1.54, 1.807) is 0 Å². The van der Waals surface area contributed by atoms with E-state index in [0.717, 1.165) is 0 Å². The van der Waals surface area contributed by atoms with Gasteiger partial charge in [0, 0.05) is 0 Å². The third-order valence-electron chi connectivity index (χ3n) is 0. The summed E-state index contributed by atoms with van der Waals surface area (Å²) in [4.78, 5) is 0. The van der Waals surface area contributed by atoms with E-state index < -0.39 is 21.6 Å². The van der Waals surface area contributed by atoms with Gasteiger partial charge in [0.1, 0.15) is 0 Å². The van der Waals surface area contributed by atoms with E-state index in [9.17, 15) is 0 Å². The molecule has 0 aromatic carbocycles. The summed E-state index contributed by atoms with van der Waals surface area (Å²) in [6.07, 6.45) is 0. The molecule has 0 saturated carbocycles. The predicted molar refractivity (Wildman–Crippen MR) is 0 cm³/mol. The van der Waals surface area contributed by atoms with Gasteiger partial charge in [0.15, 0.2) is 0 Å². The van der Waals surface area contributed by atoms with Crippen LogP contribution in [0, 0.1) is 21.6 Å². The molecule has 0 N–H and O–H groups in total. The van der Waals surface area contributed by atoms with Crippen LogP contribution < -0.4 is 28.0 Å². The predicted octanol–water partition coefficient (Wildman–Crippen LogP) is -7.14. The van der Waals surface area contributed by atoms with E-state index in [-0.39, 0.29) is 16.8 Å². The second kappa shape index (κ2) is 11.6. The Kier molecular flexibility index (Phi) is 21.2. The molecule has 0 saturated heterocycles. The molecule has 0 bridgehead atoms. The minimum Gasteiger partial charge on any atom is -0.357 e. The average molecular weight is 226 g/mol. The third kappa shape index (κ3) is 579. The zero-order valence-corrected chi connectivity index (χ0v) is 6.09. The molecular weight excluding hydrogens is 226 g/mol. The fraction of sp³-hybridized carbons (Fsp3) is 0. The van der Waals surface area contributed by atoms with E-state index in [1.165, 1.54) is 0 Å². The average Bonchev–Trinajstić information content (AvgIpc) is 1.25. The van der Waals surface area contributed by atoms with Gasteiger partial charge in [-0.2, -0.15) is 0 Å². The second-order valence-corrected chi connectivity index (χ2v) is 1.13. The summed E-state index contributed by atoms with van der Waals surface area (Å²) in [5.74, 6) is 0. The maximum Gasteiger partial charge on any atom is 2.00 e. The van der Waals surface area contributed by atoms with Crippen LogP contribution in [0.25, 0.3) is 0 Å². The maximum atomic E-state index is 8.41. The van der Waals surface area contributed by atoms with Crippen LogP contribution in [-0.4, -0.2) is 0 Å². The molecule has 0 unspecified atom stereocenters. The fourth-order valence-electron chi connectivity index (χ4n) is 0. The summed E-state index contributed by atoms with van der Waals surface area (Å²) in [7, 11) is -5.70. The Labute approximate surface area is 66.7 Å². The number of halogens is 2. The molecule has 0 aromatic rings. The summed E-state index contributed by atoms with van der Waals surface area (Å²) >= 11 is 0. The normalized spacial score (nSPS) is 8.00. The smallest absolute Gasteiger partial charge is 0.357 e. The molecule has 0 aromatic heterocycles. The van der Waals surface area contributed by atoms with Crippen molar-refractivity contribution in [1.29, 1.82) is 0 Å². The number of rotatable bonds is 0. The molecule has 0 amide bonds. The Morgan fingerprint density at radius 1 is 0.556 bits per heavy atom. The van der Waals surface area contributed by atoms with Crippen molar-refractivity contribution in [2.24, 2.45) is 0 Å². The van der Waals surface area contributed by atoms with E-state index in [0.29, 0.717) is 0 Å². The molecule has 9 heteroatoms. The van der Waals surface area contributed by atoms with Crippen LogP contribution in [-0.2, 0) is 16.8 Å². The van der Waals surface area contributed by atoms with Crippen molar-refractivity contribution in [1.82, 2.24) is 0 Å². The second-order valence-electron chi connectivity index (χ2n) is 0.378.